The summed E-state index contributed by atoms with van der Waals surface area (Å²) in [6.45, 7) is 7.28. The van der Waals surface area contributed by atoms with Crippen molar-refractivity contribution in [3.63, 3.8) is 0 Å². The highest BCUT2D eigenvalue weighted by Crippen LogP contribution is 2.37. The molecule has 0 unspecified atom stereocenters. The van der Waals surface area contributed by atoms with Crippen LogP contribution in [0.1, 0.15) is 22.3 Å². The summed E-state index contributed by atoms with van der Waals surface area (Å²) >= 11 is 0. The molecule has 4 rings (SSSR count). The molecular weight excluding hydrogens is 336 g/mol. The van der Waals surface area contributed by atoms with Crippen molar-refractivity contribution < 1.29 is 9.84 Å². The zero-order chi connectivity index (χ0) is 18.8. The van der Waals surface area contributed by atoms with Crippen molar-refractivity contribution in [1.82, 2.24) is 9.88 Å². The Morgan fingerprint density at radius 2 is 2.00 bits per heavy atom. The first-order valence-corrected chi connectivity index (χ1v) is 9.28. The molecule has 2 heterocycles. The van der Waals surface area contributed by atoms with Crippen LogP contribution in [-0.4, -0.2) is 28.1 Å². The van der Waals surface area contributed by atoms with Crippen molar-refractivity contribution in [2.75, 3.05) is 13.2 Å². The van der Waals surface area contributed by atoms with Crippen LogP contribution in [-0.2, 0) is 13.1 Å². The average Bonchev–Trinajstić information content (AvgIpc) is 2.87. The third kappa shape index (κ3) is 3.81. The van der Waals surface area contributed by atoms with Gasteiger partial charge in [0.05, 0.1) is 0 Å². The maximum absolute atomic E-state index is 10.5. The van der Waals surface area contributed by atoms with Crippen molar-refractivity contribution >= 4 is 0 Å². The van der Waals surface area contributed by atoms with E-state index in [1.807, 2.05) is 18.3 Å². The molecule has 4 heteroatoms. The van der Waals surface area contributed by atoms with Crippen molar-refractivity contribution in [1.29, 1.82) is 0 Å². The van der Waals surface area contributed by atoms with Crippen LogP contribution in [0.4, 0.5) is 0 Å². The van der Waals surface area contributed by atoms with E-state index in [4.69, 9.17) is 4.74 Å². The lowest BCUT2D eigenvalue weighted by molar-refractivity contribution is 0.217. The van der Waals surface area contributed by atoms with Crippen molar-refractivity contribution in [3.05, 3.63) is 77.1 Å². The van der Waals surface area contributed by atoms with E-state index in [1.165, 1.54) is 16.7 Å². The second-order valence-electron chi connectivity index (χ2n) is 7.21. The average molecular weight is 360 g/mol. The number of rotatable bonds is 3. The normalized spacial score (nSPS) is 14.3. The molecule has 0 saturated heterocycles. The highest BCUT2D eigenvalue weighted by atomic mass is 16.5. The Morgan fingerprint density at radius 1 is 1.11 bits per heavy atom. The molecule has 0 spiro atoms. The molecule has 1 N–H and O–H groups in total. The molecule has 3 aromatic rings. The first-order valence-electron chi connectivity index (χ1n) is 9.28. The van der Waals surface area contributed by atoms with Crippen LogP contribution in [0.5, 0.6) is 11.5 Å². The lowest BCUT2D eigenvalue weighted by Crippen LogP contribution is -2.25. The molecule has 1 aromatic heterocycles. The minimum atomic E-state index is 0.194. The molecule has 0 saturated carbocycles. The van der Waals surface area contributed by atoms with Crippen LogP contribution in [0.3, 0.4) is 0 Å². The molecule has 0 atom stereocenters. The van der Waals surface area contributed by atoms with Gasteiger partial charge in [-0.3, -0.25) is 9.88 Å². The second kappa shape index (κ2) is 7.41. The Bertz CT molecular complexity index is 954. The van der Waals surface area contributed by atoms with E-state index < -0.39 is 0 Å². The van der Waals surface area contributed by atoms with Gasteiger partial charge in [0.1, 0.15) is 6.61 Å². The number of benzene rings is 2. The summed E-state index contributed by atoms with van der Waals surface area (Å²) in [7, 11) is 0. The number of phenols is 1. The van der Waals surface area contributed by atoms with E-state index in [1.54, 1.807) is 12.3 Å². The molecule has 1 aliphatic heterocycles. The second-order valence-corrected chi connectivity index (χ2v) is 7.21. The van der Waals surface area contributed by atoms with Crippen LogP contribution >= 0.6 is 0 Å². The highest BCUT2D eigenvalue weighted by molar-refractivity contribution is 5.68. The molecule has 0 radical (unpaired) electrons. The number of fused-ring (bicyclic) bond motifs is 1. The quantitative estimate of drug-likeness (QED) is 0.749. The zero-order valence-electron chi connectivity index (χ0n) is 15.8. The smallest absolute Gasteiger partial charge is 0.165 e. The van der Waals surface area contributed by atoms with Crippen LogP contribution in [0, 0.1) is 13.8 Å². The Kier molecular flexibility index (Phi) is 4.82. The largest absolute Gasteiger partial charge is 0.504 e. The summed E-state index contributed by atoms with van der Waals surface area (Å²) in [5.41, 5.74) is 6.87. The van der Waals surface area contributed by atoms with Gasteiger partial charge in [0, 0.05) is 43.2 Å². The minimum Gasteiger partial charge on any atom is -0.504 e. The summed E-state index contributed by atoms with van der Waals surface area (Å²) in [5, 5.41) is 10.5. The fourth-order valence-electron chi connectivity index (χ4n) is 3.60. The van der Waals surface area contributed by atoms with Gasteiger partial charge >= 0.3 is 0 Å². The van der Waals surface area contributed by atoms with E-state index in [0.29, 0.717) is 12.4 Å². The Hall–Kier alpha value is -2.85. The van der Waals surface area contributed by atoms with Gasteiger partial charge < -0.3 is 9.84 Å². The summed E-state index contributed by atoms with van der Waals surface area (Å²) in [4.78, 5) is 6.56. The third-order valence-electron chi connectivity index (χ3n) is 5.09. The van der Waals surface area contributed by atoms with Crippen LogP contribution < -0.4 is 4.74 Å². The van der Waals surface area contributed by atoms with E-state index in [9.17, 15) is 5.11 Å². The van der Waals surface area contributed by atoms with E-state index in [-0.39, 0.29) is 5.75 Å². The molecular formula is C23H24N2O2. The molecule has 0 fully saturated rings. The monoisotopic (exact) mass is 360 g/mol. The number of hydrogen-bond donors (Lipinski definition) is 1. The summed E-state index contributed by atoms with van der Waals surface area (Å²) in [5.74, 6) is 0.797. The summed E-state index contributed by atoms with van der Waals surface area (Å²) in [6.07, 6.45) is 3.56. The molecule has 138 valence electrons. The third-order valence-corrected chi connectivity index (χ3v) is 5.09. The predicted molar refractivity (Wildman–Crippen MR) is 107 cm³/mol. The molecule has 0 bridgehead atoms. The number of aromatic nitrogens is 1. The lowest BCUT2D eigenvalue weighted by Gasteiger charge is -2.21. The maximum atomic E-state index is 10.5. The number of nitrogens with zero attached hydrogens (tertiary/aromatic N) is 2. The number of aromatic hydroxyl groups is 1. The molecule has 0 aliphatic carbocycles. The first kappa shape index (κ1) is 17.6. The summed E-state index contributed by atoms with van der Waals surface area (Å²) in [6, 6.07) is 14.4. The van der Waals surface area contributed by atoms with E-state index >= 15 is 0 Å². The van der Waals surface area contributed by atoms with Crippen LogP contribution in [0.25, 0.3) is 11.1 Å². The van der Waals surface area contributed by atoms with Gasteiger partial charge in [-0.2, -0.15) is 0 Å². The lowest BCUT2D eigenvalue weighted by atomic mass is 10.0. The number of phenolic OH excluding ortho intramolecular Hbond substituents is 1. The zero-order valence-corrected chi connectivity index (χ0v) is 15.8. The molecule has 1 aliphatic rings. The van der Waals surface area contributed by atoms with E-state index in [2.05, 4.69) is 48.0 Å². The number of hydrogen-bond acceptors (Lipinski definition) is 4. The van der Waals surface area contributed by atoms with E-state index in [0.717, 1.165) is 36.3 Å². The standard InChI is InChI=1S/C23H24N2O2/c1-16-5-6-17(2)20(10-16)14-25-8-9-27-23-21(15-25)11-19(12-22(23)26)18-4-3-7-24-13-18/h3-7,10-13,26H,8-9,14-15H2,1-2H3. The maximum Gasteiger partial charge on any atom is 0.165 e. The fraction of sp³-hybridized carbons (Fsp3) is 0.261. The summed E-state index contributed by atoms with van der Waals surface area (Å²) < 4.78 is 5.88. The number of pyridine rings is 1. The van der Waals surface area contributed by atoms with Gasteiger partial charge in [0.2, 0.25) is 0 Å². The number of ether oxygens (including phenoxy) is 1. The Morgan fingerprint density at radius 3 is 2.81 bits per heavy atom. The highest BCUT2D eigenvalue weighted by Gasteiger charge is 2.20. The van der Waals surface area contributed by atoms with Gasteiger partial charge in [-0.25, -0.2) is 0 Å². The van der Waals surface area contributed by atoms with Gasteiger partial charge in [-0.15, -0.1) is 0 Å². The van der Waals surface area contributed by atoms with Gasteiger partial charge in [0.25, 0.3) is 0 Å². The first-order chi connectivity index (χ1) is 13.1. The molecule has 0 amide bonds. The van der Waals surface area contributed by atoms with Crippen molar-refractivity contribution in [2.45, 2.75) is 26.9 Å². The van der Waals surface area contributed by atoms with Crippen molar-refractivity contribution in [3.8, 4) is 22.6 Å². The van der Waals surface area contributed by atoms with Gasteiger partial charge in [-0.1, -0.05) is 29.8 Å². The Balaban J connectivity index is 1.65. The molecule has 4 nitrogen and oxygen atoms in total. The minimum absolute atomic E-state index is 0.194. The molecule has 2 aromatic carbocycles. The van der Waals surface area contributed by atoms with Crippen molar-refractivity contribution in [2.24, 2.45) is 0 Å². The topological polar surface area (TPSA) is 45.6 Å². The van der Waals surface area contributed by atoms with Crippen LogP contribution in [0.15, 0.2) is 54.9 Å². The molecule has 27 heavy (non-hydrogen) atoms. The predicted octanol–water partition coefficient (Wildman–Crippen LogP) is 4.47. The van der Waals surface area contributed by atoms with Gasteiger partial charge in [0.15, 0.2) is 11.5 Å². The fourth-order valence-corrected chi connectivity index (χ4v) is 3.60. The van der Waals surface area contributed by atoms with Crippen LogP contribution in [0.2, 0.25) is 0 Å². The SMILES string of the molecule is Cc1ccc(C)c(CN2CCOc3c(O)cc(-c4cccnc4)cc3C2)c1. The van der Waals surface area contributed by atoms with Gasteiger partial charge in [-0.05, 0) is 48.7 Å². The number of aryl methyl sites for hydroxylation is 2. The Labute approximate surface area is 160 Å².